The van der Waals surface area contributed by atoms with Gasteiger partial charge in [-0.2, -0.15) is 0 Å². The second-order valence-corrected chi connectivity index (χ2v) is 2.51. The molecule has 0 atom stereocenters. The van der Waals surface area contributed by atoms with Crippen molar-refractivity contribution in [1.82, 2.24) is 4.98 Å². The molecule has 0 unspecified atom stereocenters. The van der Waals surface area contributed by atoms with E-state index in [0.717, 1.165) is 5.82 Å². The number of aryl methyl sites for hydroxylation is 1. The van der Waals surface area contributed by atoms with Gasteiger partial charge in [0.05, 0.1) is 6.42 Å². The van der Waals surface area contributed by atoms with Crippen molar-refractivity contribution < 1.29 is 24.8 Å². The van der Waals surface area contributed by atoms with E-state index in [1.165, 1.54) is 0 Å². The van der Waals surface area contributed by atoms with Gasteiger partial charge in [-0.25, -0.2) is 9.97 Å². The molecular formula is C8H12N2O4. The molecule has 0 aliphatic rings. The SMILES string of the molecule is Cc1[nH]cc[nH+]1.O=C([O-])CCC(=O)O. The second kappa shape index (κ2) is 6.64. The molecule has 0 aliphatic heterocycles. The van der Waals surface area contributed by atoms with Crippen LogP contribution in [0.4, 0.5) is 0 Å². The van der Waals surface area contributed by atoms with Crippen LogP contribution in [-0.4, -0.2) is 22.0 Å². The maximum Gasteiger partial charge on any atom is 0.303 e. The van der Waals surface area contributed by atoms with Crippen LogP contribution >= 0.6 is 0 Å². The Morgan fingerprint density at radius 1 is 1.57 bits per heavy atom. The lowest BCUT2D eigenvalue weighted by atomic mass is 10.3. The van der Waals surface area contributed by atoms with Crippen LogP contribution < -0.4 is 10.1 Å². The van der Waals surface area contributed by atoms with Crippen LogP contribution in [0.15, 0.2) is 12.4 Å². The highest BCUT2D eigenvalue weighted by molar-refractivity contribution is 5.74. The van der Waals surface area contributed by atoms with Gasteiger partial charge in [0, 0.05) is 12.9 Å². The van der Waals surface area contributed by atoms with E-state index in [4.69, 9.17) is 5.11 Å². The minimum absolute atomic E-state index is 0.359. The third-order valence-corrected chi connectivity index (χ3v) is 1.23. The molecule has 1 aromatic rings. The largest absolute Gasteiger partial charge is 0.550 e. The Balaban J connectivity index is 0.000000249. The van der Waals surface area contributed by atoms with Gasteiger partial charge in [0.25, 0.3) is 0 Å². The predicted molar refractivity (Wildman–Crippen MR) is 44.0 cm³/mol. The van der Waals surface area contributed by atoms with Crippen LogP contribution in [0.2, 0.25) is 0 Å². The molecule has 0 fully saturated rings. The Morgan fingerprint density at radius 2 is 2.21 bits per heavy atom. The van der Waals surface area contributed by atoms with E-state index in [1.54, 1.807) is 0 Å². The fourth-order valence-electron chi connectivity index (χ4n) is 0.584. The average molecular weight is 200 g/mol. The summed E-state index contributed by atoms with van der Waals surface area (Å²) in [6, 6.07) is 0. The molecule has 3 N–H and O–H groups in total. The number of carboxylic acid groups (broad SMARTS) is 2. The van der Waals surface area contributed by atoms with Crippen molar-refractivity contribution in [3.63, 3.8) is 0 Å². The maximum absolute atomic E-state index is 9.61. The number of aliphatic carboxylic acids is 2. The minimum atomic E-state index is -1.33. The summed E-state index contributed by atoms with van der Waals surface area (Å²) in [6.07, 6.45) is 2.95. The Hall–Kier alpha value is -1.85. The van der Waals surface area contributed by atoms with E-state index in [0.29, 0.717) is 0 Å². The summed E-state index contributed by atoms with van der Waals surface area (Å²) in [7, 11) is 0. The smallest absolute Gasteiger partial charge is 0.303 e. The molecule has 14 heavy (non-hydrogen) atoms. The van der Waals surface area contributed by atoms with Gasteiger partial charge in [0.15, 0.2) is 0 Å². The lowest BCUT2D eigenvalue weighted by molar-refractivity contribution is -0.385. The molecule has 0 aromatic carbocycles. The summed E-state index contributed by atoms with van der Waals surface area (Å²) in [5.41, 5.74) is 0. The van der Waals surface area contributed by atoms with Crippen LogP contribution in [0.3, 0.4) is 0 Å². The fourth-order valence-corrected chi connectivity index (χ4v) is 0.584. The zero-order valence-corrected chi connectivity index (χ0v) is 7.74. The Bertz CT molecular complexity index is 268. The molecule has 78 valence electrons. The van der Waals surface area contributed by atoms with Crippen LogP contribution in [0.5, 0.6) is 0 Å². The molecule has 1 rings (SSSR count). The summed E-state index contributed by atoms with van der Waals surface area (Å²) < 4.78 is 0. The van der Waals surface area contributed by atoms with Gasteiger partial charge in [-0.3, -0.25) is 4.79 Å². The van der Waals surface area contributed by atoms with Crippen molar-refractivity contribution in [1.29, 1.82) is 0 Å². The van der Waals surface area contributed by atoms with Gasteiger partial charge >= 0.3 is 5.97 Å². The number of rotatable bonds is 3. The molecule has 0 aliphatic carbocycles. The van der Waals surface area contributed by atoms with E-state index in [2.05, 4.69) is 9.97 Å². The molecule has 0 saturated heterocycles. The van der Waals surface area contributed by atoms with Gasteiger partial charge in [-0.15, -0.1) is 0 Å². The summed E-state index contributed by atoms with van der Waals surface area (Å²) in [6.45, 7) is 1.97. The summed E-state index contributed by atoms with van der Waals surface area (Å²) in [5.74, 6) is -1.35. The Labute approximate surface area is 80.6 Å². The number of hydrogen-bond acceptors (Lipinski definition) is 3. The van der Waals surface area contributed by atoms with Crippen molar-refractivity contribution in [2.75, 3.05) is 0 Å². The van der Waals surface area contributed by atoms with Crippen molar-refractivity contribution in [2.24, 2.45) is 0 Å². The van der Waals surface area contributed by atoms with Crippen LogP contribution in [0.1, 0.15) is 18.7 Å². The average Bonchev–Trinajstić information content (AvgIpc) is 2.53. The third-order valence-electron chi connectivity index (χ3n) is 1.23. The summed E-state index contributed by atoms with van der Waals surface area (Å²) >= 11 is 0. The molecule has 0 bridgehead atoms. The highest BCUT2D eigenvalue weighted by Crippen LogP contribution is 1.83. The van der Waals surface area contributed by atoms with Gasteiger partial charge in [-0.05, 0) is 6.42 Å². The normalized spacial score (nSPS) is 8.64. The van der Waals surface area contributed by atoms with Crippen molar-refractivity contribution >= 4 is 11.9 Å². The third kappa shape index (κ3) is 8.25. The molecule has 0 spiro atoms. The number of hydrogen-bond donors (Lipinski definition) is 2. The van der Waals surface area contributed by atoms with Crippen molar-refractivity contribution in [3.8, 4) is 0 Å². The predicted octanol–water partition coefficient (Wildman–Crippen LogP) is -1.26. The lowest BCUT2D eigenvalue weighted by Crippen LogP contribution is -2.22. The number of nitrogens with one attached hydrogen (secondary N) is 2. The number of carboxylic acids is 2. The molecule has 1 aromatic heterocycles. The van der Waals surface area contributed by atoms with E-state index < -0.39 is 18.4 Å². The first-order valence-electron chi connectivity index (χ1n) is 3.95. The molecule has 0 saturated carbocycles. The number of carbonyl (C=O) groups excluding carboxylic acids is 1. The molecule has 0 amide bonds. The number of carbonyl (C=O) groups is 2. The van der Waals surface area contributed by atoms with E-state index in [-0.39, 0.29) is 6.42 Å². The second-order valence-electron chi connectivity index (χ2n) is 2.51. The summed E-state index contributed by atoms with van der Waals surface area (Å²) in [5, 5.41) is 17.4. The number of aromatic nitrogens is 2. The standard InChI is InChI=1S/C4H6N2.C4H6O4/c1-4-5-2-3-6-4;5-3(6)1-2-4(7)8/h2-3H,1H3,(H,5,6);1-2H2,(H,5,6)(H,7,8). The lowest BCUT2D eigenvalue weighted by Gasteiger charge is -1.94. The Kier molecular flexibility index (Phi) is 5.77. The highest BCUT2D eigenvalue weighted by Gasteiger charge is 1.93. The van der Waals surface area contributed by atoms with Crippen LogP contribution in [-0.2, 0) is 9.59 Å². The van der Waals surface area contributed by atoms with Crippen molar-refractivity contribution in [2.45, 2.75) is 19.8 Å². The van der Waals surface area contributed by atoms with E-state index in [9.17, 15) is 14.7 Å². The summed E-state index contributed by atoms with van der Waals surface area (Å²) in [4.78, 5) is 25.0. The van der Waals surface area contributed by atoms with Crippen LogP contribution in [0, 0.1) is 6.92 Å². The fraction of sp³-hybridized carbons (Fsp3) is 0.375. The molecule has 6 heteroatoms. The molecular weight excluding hydrogens is 188 g/mol. The quantitative estimate of drug-likeness (QED) is 0.634. The van der Waals surface area contributed by atoms with Gasteiger partial charge in [0.2, 0.25) is 5.82 Å². The van der Waals surface area contributed by atoms with Gasteiger partial charge < -0.3 is 15.0 Å². The Morgan fingerprint density at radius 3 is 2.36 bits per heavy atom. The highest BCUT2D eigenvalue weighted by atomic mass is 16.4. The first-order chi connectivity index (χ1) is 6.52. The van der Waals surface area contributed by atoms with E-state index in [1.807, 2.05) is 19.3 Å². The molecule has 6 nitrogen and oxygen atoms in total. The first-order valence-corrected chi connectivity index (χ1v) is 3.95. The minimum Gasteiger partial charge on any atom is -0.550 e. The molecule has 1 heterocycles. The van der Waals surface area contributed by atoms with Crippen molar-refractivity contribution in [3.05, 3.63) is 18.2 Å². The van der Waals surface area contributed by atoms with E-state index >= 15 is 0 Å². The zero-order chi connectivity index (χ0) is 11.0. The first kappa shape index (κ1) is 12.2. The van der Waals surface area contributed by atoms with Crippen LogP contribution in [0.25, 0.3) is 0 Å². The zero-order valence-electron chi connectivity index (χ0n) is 7.74. The number of imidazole rings is 1. The van der Waals surface area contributed by atoms with Gasteiger partial charge in [-0.1, -0.05) is 0 Å². The molecule has 0 radical (unpaired) electrons. The number of aromatic amines is 2. The monoisotopic (exact) mass is 200 g/mol. The number of H-pyrrole nitrogens is 2. The topological polar surface area (TPSA) is 107 Å². The van der Waals surface area contributed by atoms with Gasteiger partial charge in [0.1, 0.15) is 12.4 Å². The maximum atomic E-state index is 9.61.